The van der Waals surface area contributed by atoms with Crippen LogP contribution in [0.1, 0.15) is 65.4 Å². The van der Waals surface area contributed by atoms with Crippen molar-refractivity contribution >= 4 is 22.0 Å². The molecule has 3 rings (SSSR count). The van der Waals surface area contributed by atoms with Crippen molar-refractivity contribution in [3.8, 4) is 0 Å². The van der Waals surface area contributed by atoms with E-state index in [2.05, 4.69) is 57.4 Å². The van der Waals surface area contributed by atoms with E-state index in [9.17, 15) is 4.79 Å². The Bertz CT molecular complexity index is 665. The number of ether oxygens (including phenoxy) is 1. The van der Waals surface area contributed by atoms with E-state index >= 15 is 0 Å². The summed E-state index contributed by atoms with van der Waals surface area (Å²) in [7, 11) is 0. The Balaban J connectivity index is 1.49. The van der Waals surface area contributed by atoms with Crippen LogP contribution in [0.4, 0.5) is 4.79 Å². The van der Waals surface area contributed by atoms with E-state index in [1.807, 2.05) is 20.8 Å². The van der Waals surface area contributed by atoms with Crippen molar-refractivity contribution < 1.29 is 9.53 Å². The van der Waals surface area contributed by atoms with Crippen LogP contribution in [0, 0.1) is 0 Å². The molecule has 27 heavy (non-hydrogen) atoms. The van der Waals surface area contributed by atoms with Crippen LogP contribution < -0.4 is 11.2 Å². The first kappa shape index (κ1) is 20.6. The number of nitrogens with two attached hydrogens (primary N) is 1. The Kier molecular flexibility index (Phi) is 5.90. The van der Waals surface area contributed by atoms with Crippen LogP contribution in [0.25, 0.3) is 0 Å². The van der Waals surface area contributed by atoms with Crippen molar-refractivity contribution in [3.63, 3.8) is 0 Å². The van der Waals surface area contributed by atoms with Crippen LogP contribution in [0.2, 0.25) is 0 Å². The first-order valence-corrected chi connectivity index (χ1v) is 10.7. The Morgan fingerprint density at radius 3 is 2.37 bits per heavy atom. The average molecular weight is 438 g/mol. The van der Waals surface area contributed by atoms with Gasteiger partial charge in [0.2, 0.25) is 0 Å². The fourth-order valence-corrected chi connectivity index (χ4v) is 4.43. The minimum atomic E-state index is -0.460. The number of carbonyl (C=O) groups excluding carboxylic acids is 1. The molecule has 0 bridgehead atoms. The number of hydrogen-bond acceptors (Lipinski definition) is 4. The fourth-order valence-electron chi connectivity index (χ4n) is 4.17. The molecule has 1 aromatic rings. The van der Waals surface area contributed by atoms with E-state index in [-0.39, 0.29) is 17.6 Å². The third-order valence-corrected chi connectivity index (χ3v) is 6.42. The Morgan fingerprint density at radius 2 is 1.81 bits per heavy atom. The molecular formula is C21H32BrN3O2. The lowest BCUT2D eigenvalue weighted by atomic mass is 9.90. The molecule has 1 amide bonds. The molecular weight excluding hydrogens is 406 g/mol. The number of rotatable bonds is 4. The summed E-state index contributed by atoms with van der Waals surface area (Å²) in [4.78, 5) is 12.0. The molecule has 2 aliphatic rings. The van der Waals surface area contributed by atoms with Crippen molar-refractivity contribution in [1.82, 2.24) is 10.3 Å². The van der Waals surface area contributed by atoms with Crippen LogP contribution in [-0.4, -0.2) is 34.8 Å². The Morgan fingerprint density at radius 1 is 1.22 bits per heavy atom. The van der Waals surface area contributed by atoms with E-state index in [1.54, 1.807) is 0 Å². The minimum absolute atomic E-state index is 0.140. The summed E-state index contributed by atoms with van der Waals surface area (Å²) in [6.45, 7) is 7.95. The number of hydrazine groups is 1. The summed E-state index contributed by atoms with van der Waals surface area (Å²) in [6.07, 6.45) is 4.67. The maximum Gasteiger partial charge on any atom is 0.407 e. The molecule has 0 saturated heterocycles. The van der Waals surface area contributed by atoms with Gasteiger partial charge in [0.1, 0.15) is 5.60 Å². The van der Waals surface area contributed by atoms with Crippen molar-refractivity contribution in [2.75, 3.05) is 0 Å². The average Bonchev–Trinajstić information content (AvgIpc) is 3.27. The van der Waals surface area contributed by atoms with E-state index in [0.29, 0.717) is 12.1 Å². The van der Waals surface area contributed by atoms with Crippen molar-refractivity contribution in [2.24, 2.45) is 5.84 Å². The van der Waals surface area contributed by atoms with Gasteiger partial charge in [-0.3, -0.25) is 5.84 Å². The number of benzene rings is 1. The molecule has 1 unspecified atom stereocenters. The zero-order chi connectivity index (χ0) is 19.8. The van der Waals surface area contributed by atoms with Crippen LogP contribution in [0.15, 0.2) is 28.7 Å². The highest BCUT2D eigenvalue weighted by Crippen LogP contribution is 2.51. The summed E-state index contributed by atoms with van der Waals surface area (Å²) in [5.74, 6) is 6.54. The van der Waals surface area contributed by atoms with Gasteiger partial charge in [-0.1, -0.05) is 35.0 Å². The molecule has 150 valence electrons. The molecule has 0 aliphatic heterocycles. The summed E-state index contributed by atoms with van der Waals surface area (Å²) in [5, 5.41) is 5.09. The van der Waals surface area contributed by atoms with Crippen molar-refractivity contribution in [3.05, 3.63) is 34.3 Å². The molecule has 0 heterocycles. The van der Waals surface area contributed by atoms with Gasteiger partial charge in [0.15, 0.2) is 0 Å². The number of amides is 1. The fraction of sp³-hybridized carbons (Fsp3) is 0.667. The van der Waals surface area contributed by atoms with E-state index < -0.39 is 5.60 Å². The second kappa shape index (κ2) is 7.72. The van der Waals surface area contributed by atoms with Gasteiger partial charge in [-0.25, -0.2) is 9.80 Å². The molecule has 6 heteroatoms. The number of alkyl carbamates (subject to hydrolysis) is 1. The minimum Gasteiger partial charge on any atom is -0.444 e. The molecule has 0 spiro atoms. The van der Waals surface area contributed by atoms with E-state index in [1.165, 1.54) is 5.56 Å². The Labute approximate surface area is 171 Å². The quantitative estimate of drug-likeness (QED) is 0.537. The maximum atomic E-state index is 12.0. The standard InChI is InChI=1S/C21H32BrN3O2/c1-20(2,3)27-19(26)24-16-9-11-17(12-10-16)25(23)18-13-21(18,4)14-5-7-15(22)8-6-14/h5-8,16-18H,9-13,23H2,1-4H3,(H,24,26)/t16?,17?,18-,21?/m0/s1. The monoisotopic (exact) mass is 437 g/mol. The van der Waals surface area contributed by atoms with Gasteiger partial charge in [-0.15, -0.1) is 0 Å². The van der Waals surface area contributed by atoms with Crippen LogP contribution in [-0.2, 0) is 10.2 Å². The van der Waals surface area contributed by atoms with Crippen LogP contribution in [0.3, 0.4) is 0 Å². The topological polar surface area (TPSA) is 67.6 Å². The lowest BCUT2D eigenvalue weighted by molar-refractivity contribution is 0.0473. The largest absolute Gasteiger partial charge is 0.444 e. The normalized spacial score (nSPS) is 30.9. The zero-order valence-electron chi connectivity index (χ0n) is 16.8. The lowest BCUT2D eigenvalue weighted by Crippen LogP contribution is -2.49. The molecule has 2 aliphatic carbocycles. The van der Waals surface area contributed by atoms with E-state index in [0.717, 1.165) is 36.6 Å². The highest BCUT2D eigenvalue weighted by atomic mass is 79.9. The Hall–Kier alpha value is -1.11. The third-order valence-electron chi connectivity index (χ3n) is 5.90. The summed E-state index contributed by atoms with van der Waals surface area (Å²) < 4.78 is 6.46. The van der Waals surface area contributed by atoms with Gasteiger partial charge in [-0.2, -0.15) is 0 Å². The zero-order valence-corrected chi connectivity index (χ0v) is 18.4. The number of hydrogen-bond donors (Lipinski definition) is 2. The number of halogens is 1. The SMILES string of the molecule is CC(C)(C)OC(=O)NC1CCC(N(N)[C@H]2CC2(C)c2ccc(Br)cc2)CC1. The number of carbonyl (C=O) groups is 1. The first-order valence-electron chi connectivity index (χ1n) is 9.87. The van der Waals surface area contributed by atoms with Crippen molar-refractivity contribution in [1.29, 1.82) is 0 Å². The second-order valence-corrected chi connectivity index (χ2v) is 10.2. The van der Waals surface area contributed by atoms with Crippen LogP contribution >= 0.6 is 15.9 Å². The molecule has 2 atom stereocenters. The highest BCUT2D eigenvalue weighted by molar-refractivity contribution is 9.10. The summed E-state index contributed by atoms with van der Waals surface area (Å²) in [6, 6.07) is 9.54. The molecule has 2 saturated carbocycles. The van der Waals surface area contributed by atoms with Crippen molar-refractivity contribution in [2.45, 2.75) is 88.9 Å². The molecule has 2 fully saturated rings. The highest BCUT2D eigenvalue weighted by Gasteiger charge is 2.55. The van der Waals surface area contributed by atoms with Gasteiger partial charge < -0.3 is 10.1 Å². The number of nitrogens with one attached hydrogen (secondary N) is 1. The number of nitrogens with zero attached hydrogens (tertiary/aromatic N) is 1. The predicted octanol–water partition coefficient (Wildman–Crippen LogP) is 4.49. The van der Waals surface area contributed by atoms with Gasteiger partial charge >= 0.3 is 6.09 Å². The third kappa shape index (κ3) is 5.04. The summed E-state index contributed by atoms with van der Waals surface area (Å²) >= 11 is 3.50. The maximum absolute atomic E-state index is 12.0. The molecule has 0 radical (unpaired) electrons. The predicted molar refractivity (Wildman–Crippen MR) is 111 cm³/mol. The van der Waals surface area contributed by atoms with Crippen LogP contribution in [0.5, 0.6) is 0 Å². The lowest BCUT2D eigenvalue weighted by Gasteiger charge is -2.35. The molecule has 3 N–H and O–H groups in total. The van der Waals surface area contributed by atoms with E-state index in [4.69, 9.17) is 10.6 Å². The molecule has 5 nitrogen and oxygen atoms in total. The molecule has 0 aromatic heterocycles. The smallest absolute Gasteiger partial charge is 0.407 e. The molecule has 1 aromatic carbocycles. The first-order chi connectivity index (χ1) is 12.6. The van der Waals surface area contributed by atoms with Gasteiger partial charge in [0.05, 0.1) is 0 Å². The van der Waals surface area contributed by atoms with Gasteiger partial charge in [0, 0.05) is 28.0 Å². The van der Waals surface area contributed by atoms with Gasteiger partial charge in [0.25, 0.3) is 0 Å². The van der Waals surface area contributed by atoms with Gasteiger partial charge in [-0.05, 0) is 70.6 Å². The second-order valence-electron chi connectivity index (χ2n) is 9.24. The summed E-state index contributed by atoms with van der Waals surface area (Å²) in [5.41, 5.74) is 1.03.